The van der Waals surface area contributed by atoms with Crippen LogP contribution in [0.25, 0.3) is 11.0 Å². The number of aromatic amines is 1. The topological polar surface area (TPSA) is 40.7 Å². The van der Waals surface area contributed by atoms with Gasteiger partial charge in [0.2, 0.25) is 0 Å². The van der Waals surface area contributed by atoms with Gasteiger partial charge in [-0.3, -0.25) is 0 Å². The monoisotopic (exact) mass is 379 g/mol. The highest BCUT2D eigenvalue weighted by atomic mass is 79.9. The molecule has 0 amide bonds. The summed E-state index contributed by atoms with van der Waals surface area (Å²) in [6, 6.07) is 10.1. The fraction of sp³-hybridized carbons (Fsp3) is 0.0714. The molecule has 0 bridgehead atoms. The van der Waals surface area contributed by atoms with Crippen LogP contribution in [0.15, 0.2) is 51.7 Å². The molecule has 0 atom stereocenters. The molecule has 0 saturated heterocycles. The maximum absolute atomic E-state index is 4.29. The number of fused-ring (bicyclic) bond motifs is 1. The van der Waals surface area contributed by atoms with E-state index in [1.807, 2.05) is 30.5 Å². The summed E-state index contributed by atoms with van der Waals surface area (Å²) in [4.78, 5) is 7.47. The Morgan fingerprint density at radius 3 is 2.95 bits per heavy atom. The quantitative estimate of drug-likeness (QED) is 0.691. The van der Waals surface area contributed by atoms with Crippen molar-refractivity contribution in [3.8, 4) is 0 Å². The van der Waals surface area contributed by atoms with Gasteiger partial charge < -0.3 is 10.3 Å². The van der Waals surface area contributed by atoms with Crippen LogP contribution >= 0.6 is 31.9 Å². The summed E-state index contributed by atoms with van der Waals surface area (Å²) >= 11 is 7.00. The zero-order valence-electron chi connectivity index (χ0n) is 9.95. The standard InChI is InChI=1S/C14H11Br2N3/c15-10-3-4-13(12(16)6-10)18-7-9-8-19-14-11(9)2-1-5-17-14/h1-6,8,18H,7H2,(H,17,19). The molecule has 0 aliphatic rings. The lowest BCUT2D eigenvalue weighted by molar-refractivity contribution is 1.16. The maximum atomic E-state index is 4.29. The van der Waals surface area contributed by atoms with Gasteiger partial charge in [0.15, 0.2) is 0 Å². The first kappa shape index (κ1) is 12.7. The van der Waals surface area contributed by atoms with Crippen LogP contribution in [-0.4, -0.2) is 9.97 Å². The molecule has 2 N–H and O–H groups in total. The number of anilines is 1. The molecule has 2 aromatic heterocycles. The van der Waals surface area contributed by atoms with Crippen LogP contribution in [-0.2, 0) is 6.54 Å². The van der Waals surface area contributed by atoms with Gasteiger partial charge in [0.1, 0.15) is 5.65 Å². The van der Waals surface area contributed by atoms with Crippen LogP contribution in [0.5, 0.6) is 0 Å². The van der Waals surface area contributed by atoms with Gasteiger partial charge >= 0.3 is 0 Å². The minimum atomic E-state index is 0.756. The largest absolute Gasteiger partial charge is 0.380 e. The molecule has 19 heavy (non-hydrogen) atoms. The van der Waals surface area contributed by atoms with Crippen LogP contribution in [0.4, 0.5) is 5.69 Å². The van der Waals surface area contributed by atoms with Crippen LogP contribution in [0.3, 0.4) is 0 Å². The maximum Gasteiger partial charge on any atom is 0.137 e. The highest BCUT2D eigenvalue weighted by Crippen LogP contribution is 2.27. The van der Waals surface area contributed by atoms with E-state index < -0.39 is 0 Å². The van der Waals surface area contributed by atoms with Crippen molar-refractivity contribution in [1.29, 1.82) is 0 Å². The number of nitrogens with zero attached hydrogens (tertiary/aromatic N) is 1. The van der Waals surface area contributed by atoms with Gasteiger partial charge in [-0.15, -0.1) is 0 Å². The highest BCUT2D eigenvalue weighted by molar-refractivity contribution is 9.11. The third-order valence-corrected chi connectivity index (χ3v) is 4.09. The third kappa shape index (κ3) is 2.67. The first-order chi connectivity index (χ1) is 9.24. The van der Waals surface area contributed by atoms with Crippen LogP contribution in [0, 0.1) is 0 Å². The van der Waals surface area contributed by atoms with Crippen molar-refractivity contribution in [2.24, 2.45) is 0 Å². The third-order valence-electron chi connectivity index (χ3n) is 2.94. The molecule has 2 heterocycles. The fourth-order valence-electron chi connectivity index (χ4n) is 1.98. The molecule has 0 aliphatic heterocycles. The van der Waals surface area contributed by atoms with Crippen molar-refractivity contribution >= 4 is 48.6 Å². The lowest BCUT2D eigenvalue weighted by Crippen LogP contribution is -1.99. The zero-order chi connectivity index (χ0) is 13.2. The molecule has 5 heteroatoms. The van der Waals surface area contributed by atoms with Crippen molar-refractivity contribution in [2.45, 2.75) is 6.54 Å². The zero-order valence-corrected chi connectivity index (χ0v) is 13.1. The van der Waals surface area contributed by atoms with E-state index in [1.165, 1.54) is 5.56 Å². The summed E-state index contributed by atoms with van der Waals surface area (Å²) < 4.78 is 2.10. The van der Waals surface area contributed by atoms with Crippen molar-refractivity contribution in [3.05, 3.63) is 57.2 Å². The average molecular weight is 381 g/mol. The smallest absolute Gasteiger partial charge is 0.137 e. The first-order valence-corrected chi connectivity index (χ1v) is 7.42. The Morgan fingerprint density at radius 1 is 1.21 bits per heavy atom. The number of nitrogens with one attached hydrogen (secondary N) is 2. The summed E-state index contributed by atoms with van der Waals surface area (Å²) in [5, 5.41) is 4.57. The van der Waals surface area contributed by atoms with Gasteiger partial charge in [0, 0.05) is 39.0 Å². The SMILES string of the molecule is Brc1ccc(NCc2c[nH]c3ncccc23)c(Br)c1. The minimum absolute atomic E-state index is 0.756. The van der Waals surface area contributed by atoms with Gasteiger partial charge in [0.25, 0.3) is 0 Å². The van der Waals surface area contributed by atoms with E-state index in [-0.39, 0.29) is 0 Å². The lowest BCUT2D eigenvalue weighted by Gasteiger charge is -2.08. The molecule has 3 nitrogen and oxygen atoms in total. The number of hydrogen-bond acceptors (Lipinski definition) is 2. The second-order valence-electron chi connectivity index (χ2n) is 4.19. The Balaban J connectivity index is 1.82. The summed E-state index contributed by atoms with van der Waals surface area (Å²) in [5.74, 6) is 0. The number of rotatable bonds is 3. The van der Waals surface area contributed by atoms with E-state index in [0.29, 0.717) is 0 Å². The number of halogens is 2. The van der Waals surface area contributed by atoms with Crippen LogP contribution < -0.4 is 5.32 Å². The molecule has 0 aliphatic carbocycles. The summed E-state index contributed by atoms with van der Waals surface area (Å²) in [6.07, 6.45) is 3.79. The number of hydrogen-bond donors (Lipinski definition) is 2. The van der Waals surface area contributed by atoms with Crippen molar-refractivity contribution in [3.63, 3.8) is 0 Å². The number of pyridine rings is 1. The molecule has 96 valence electrons. The lowest BCUT2D eigenvalue weighted by atomic mass is 10.2. The second-order valence-corrected chi connectivity index (χ2v) is 5.96. The number of H-pyrrole nitrogens is 1. The predicted molar refractivity (Wildman–Crippen MR) is 85.3 cm³/mol. The van der Waals surface area contributed by atoms with E-state index in [9.17, 15) is 0 Å². The van der Waals surface area contributed by atoms with E-state index in [0.717, 1.165) is 32.2 Å². The summed E-state index contributed by atoms with van der Waals surface area (Å²) in [5.41, 5.74) is 3.20. The van der Waals surface area contributed by atoms with Gasteiger partial charge in [0.05, 0.1) is 0 Å². The van der Waals surface area contributed by atoms with E-state index in [4.69, 9.17) is 0 Å². The summed E-state index contributed by atoms with van der Waals surface area (Å²) in [7, 11) is 0. The molecule has 0 spiro atoms. The summed E-state index contributed by atoms with van der Waals surface area (Å²) in [6.45, 7) is 0.756. The molecule has 3 aromatic rings. The van der Waals surface area contributed by atoms with Crippen molar-refractivity contribution in [1.82, 2.24) is 9.97 Å². The molecule has 3 rings (SSSR count). The Hall–Kier alpha value is -1.33. The van der Waals surface area contributed by atoms with Crippen LogP contribution in [0.1, 0.15) is 5.56 Å². The molecular weight excluding hydrogens is 370 g/mol. The Kier molecular flexibility index (Phi) is 3.57. The molecule has 0 saturated carbocycles. The predicted octanol–water partition coefficient (Wildman–Crippen LogP) is 4.70. The van der Waals surface area contributed by atoms with Crippen molar-refractivity contribution < 1.29 is 0 Å². The van der Waals surface area contributed by atoms with E-state index >= 15 is 0 Å². The average Bonchev–Trinajstić information content (AvgIpc) is 2.81. The van der Waals surface area contributed by atoms with Gasteiger partial charge in [-0.2, -0.15) is 0 Å². The Labute approximate surface area is 127 Å². The Morgan fingerprint density at radius 2 is 2.11 bits per heavy atom. The van der Waals surface area contributed by atoms with Crippen LogP contribution in [0.2, 0.25) is 0 Å². The van der Waals surface area contributed by atoms with Crippen molar-refractivity contribution in [2.75, 3.05) is 5.32 Å². The van der Waals surface area contributed by atoms with E-state index in [1.54, 1.807) is 6.20 Å². The minimum Gasteiger partial charge on any atom is -0.380 e. The number of benzene rings is 1. The fourth-order valence-corrected chi connectivity index (χ4v) is 3.17. The van der Waals surface area contributed by atoms with Gasteiger partial charge in [-0.1, -0.05) is 15.9 Å². The normalized spacial score (nSPS) is 10.8. The number of aromatic nitrogens is 2. The second kappa shape index (κ2) is 5.35. The van der Waals surface area contributed by atoms with Gasteiger partial charge in [-0.25, -0.2) is 4.98 Å². The van der Waals surface area contributed by atoms with Gasteiger partial charge in [-0.05, 0) is 51.8 Å². The molecule has 1 aromatic carbocycles. The van der Waals surface area contributed by atoms with E-state index in [2.05, 4.69) is 53.2 Å². The molecular formula is C14H11Br2N3. The first-order valence-electron chi connectivity index (χ1n) is 5.84. The Bertz CT molecular complexity index is 722. The molecule has 0 radical (unpaired) electrons. The molecule has 0 unspecified atom stereocenters. The highest BCUT2D eigenvalue weighted by Gasteiger charge is 2.05. The molecule has 0 fully saturated rings.